The van der Waals surface area contributed by atoms with Crippen molar-refractivity contribution >= 4 is 11.9 Å². The monoisotopic (exact) mass is 240 g/mol. The SMILES string of the molecule is CC[C@H](C)[C@H](NC(=O)Cc1ccon1)C(=O)O. The van der Waals surface area contributed by atoms with Gasteiger partial charge in [-0.25, -0.2) is 4.79 Å². The number of rotatable bonds is 6. The van der Waals surface area contributed by atoms with Crippen LogP contribution in [0.15, 0.2) is 16.9 Å². The first-order valence-electron chi connectivity index (χ1n) is 5.46. The van der Waals surface area contributed by atoms with Crippen LogP contribution in [0.2, 0.25) is 0 Å². The summed E-state index contributed by atoms with van der Waals surface area (Å²) in [7, 11) is 0. The average Bonchev–Trinajstić information content (AvgIpc) is 2.77. The summed E-state index contributed by atoms with van der Waals surface area (Å²) < 4.78 is 4.59. The van der Waals surface area contributed by atoms with Gasteiger partial charge in [-0.3, -0.25) is 4.79 Å². The Labute approximate surface area is 99.0 Å². The number of amides is 1. The summed E-state index contributed by atoms with van der Waals surface area (Å²) >= 11 is 0. The minimum absolute atomic E-state index is 0.0245. The van der Waals surface area contributed by atoms with Crippen LogP contribution >= 0.6 is 0 Å². The molecule has 0 bridgehead atoms. The topological polar surface area (TPSA) is 92.4 Å². The first-order chi connectivity index (χ1) is 8.04. The largest absolute Gasteiger partial charge is 0.480 e. The number of carbonyl (C=O) groups is 2. The molecule has 0 aliphatic rings. The van der Waals surface area contributed by atoms with Crippen molar-refractivity contribution in [2.45, 2.75) is 32.7 Å². The van der Waals surface area contributed by atoms with E-state index in [0.29, 0.717) is 12.1 Å². The third-order valence-corrected chi connectivity index (χ3v) is 2.63. The lowest BCUT2D eigenvalue weighted by Crippen LogP contribution is -2.45. The van der Waals surface area contributed by atoms with Crippen molar-refractivity contribution in [3.8, 4) is 0 Å². The van der Waals surface area contributed by atoms with Gasteiger partial charge in [0.2, 0.25) is 5.91 Å². The summed E-state index contributed by atoms with van der Waals surface area (Å²) in [5, 5.41) is 15.1. The van der Waals surface area contributed by atoms with Gasteiger partial charge >= 0.3 is 5.97 Å². The average molecular weight is 240 g/mol. The van der Waals surface area contributed by atoms with Crippen LogP contribution in [0.3, 0.4) is 0 Å². The van der Waals surface area contributed by atoms with Gasteiger partial charge in [-0.2, -0.15) is 0 Å². The Bertz CT molecular complexity index is 375. The van der Waals surface area contributed by atoms with Crippen molar-refractivity contribution in [2.75, 3.05) is 0 Å². The number of nitrogens with zero attached hydrogens (tertiary/aromatic N) is 1. The van der Waals surface area contributed by atoms with Crippen LogP contribution in [0, 0.1) is 5.92 Å². The molecule has 94 valence electrons. The number of aromatic nitrogens is 1. The van der Waals surface area contributed by atoms with E-state index in [2.05, 4.69) is 15.0 Å². The molecule has 17 heavy (non-hydrogen) atoms. The first kappa shape index (κ1) is 13.2. The molecule has 2 N–H and O–H groups in total. The highest BCUT2D eigenvalue weighted by Gasteiger charge is 2.25. The van der Waals surface area contributed by atoms with E-state index < -0.39 is 12.0 Å². The Kier molecular flexibility index (Phi) is 4.68. The van der Waals surface area contributed by atoms with E-state index in [0.717, 1.165) is 0 Å². The van der Waals surface area contributed by atoms with Gasteiger partial charge in [-0.15, -0.1) is 0 Å². The molecule has 1 rings (SSSR count). The molecule has 0 unspecified atom stereocenters. The lowest BCUT2D eigenvalue weighted by molar-refractivity contribution is -0.143. The molecule has 0 fully saturated rings. The molecule has 0 spiro atoms. The zero-order valence-electron chi connectivity index (χ0n) is 9.84. The summed E-state index contributed by atoms with van der Waals surface area (Å²) in [6.45, 7) is 3.67. The number of carboxylic acid groups (broad SMARTS) is 1. The lowest BCUT2D eigenvalue weighted by Gasteiger charge is -2.19. The van der Waals surface area contributed by atoms with Gasteiger partial charge in [0.1, 0.15) is 12.3 Å². The highest BCUT2D eigenvalue weighted by atomic mass is 16.5. The molecule has 2 atom stereocenters. The molecule has 0 saturated carbocycles. The van der Waals surface area contributed by atoms with Crippen molar-refractivity contribution < 1.29 is 19.2 Å². The van der Waals surface area contributed by atoms with Crippen LogP contribution in [0.25, 0.3) is 0 Å². The van der Waals surface area contributed by atoms with E-state index in [4.69, 9.17) is 5.11 Å². The van der Waals surface area contributed by atoms with Gasteiger partial charge in [0.25, 0.3) is 0 Å². The lowest BCUT2D eigenvalue weighted by atomic mass is 9.99. The molecule has 1 heterocycles. The zero-order valence-corrected chi connectivity index (χ0v) is 9.84. The molecule has 1 amide bonds. The molecule has 1 aromatic rings. The summed E-state index contributed by atoms with van der Waals surface area (Å²) in [6, 6.07) is 0.706. The molecule has 1 aromatic heterocycles. The Hall–Kier alpha value is -1.85. The standard InChI is InChI=1S/C11H16N2O4/c1-3-7(2)10(11(15)16)12-9(14)6-8-4-5-17-13-8/h4-5,7,10H,3,6H2,1-2H3,(H,12,14)(H,15,16)/t7-,10-/m0/s1. The van der Waals surface area contributed by atoms with Gasteiger partial charge < -0.3 is 14.9 Å². The van der Waals surface area contributed by atoms with Gasteiger partial charge in [-0.05, 0) is 5.92 Å². The minimum Gasteiger partial charge on any atom is -0.480 e. The quantitative estimate of drug-likeness (QED) is 0.768. The number of nitrogens with one attached hydrogen (secondary N) is 1. The third-order valence-electron chi connectivity index (χ3n) is 2.63. The Morgan fingerprint density at radius 1 is 1.59 bits per heavy atom. The smallest absolute Gasteiger partial charge is 0.326 e. The van der Waals surface area contributed by atoms with Crippen molar-refractivity contribution in [2.24, 2.45) is 5.92 Å². The van der Waals surface area contributed by atoms with E-state index in [1.165, 1.54) is 6.26 Å². The summed E-state index contributed by atoms with van der Waals surface area (Å²) in [4.78, 5) is 22.6. The number of hydrogen-bond acceptors (Lipinski definition) is 4. The van der Waals surface area contributed by atoms with E-state index >= 15 is 0 Å². The maximum absolute atomic E-state index is 11.6. The van der Waals surface area contributed by atoms with Crippen molar-refractivity contribution in [1.29, 1.82) is 0 Å². The van der Waals surface area contributed by atoms with E-state index in [9.17, 15) is 9.59 Å². The van der Waals surface area contributed by atoms with E-state index in [1.54, 1.807) is 13.0 Å². The number of aliphatic carboxylic acids is 1. The van der Waals surface area contributed by atoms with E-state index in [-0.39, 0.29) is 18.2 Å². The predicted molar refractivity (Wildman–Crippen MR) is 59.2 cm³/mol. The second kappa shape index (κ2) is 6.03. The van der Waals surface area contributed by atoms with Crippen LogP contribution < -0.4 is 5.32 Å². The van der Waals surface area contributed by atoms with Crippen LogP contribution in [0.1, 0.15) is 26.0 Å². The third kappa shape index (κ3) is 3.90. The maximum Gasteiger partial charge on any atom is 0.326 e. The predicted octanol–water partition coefficient (Wildman–Crippen LogP) is 0.833. The fraction of sp³-hybridized carbons (Fsp3) is 0.545. The van der Waals surface area contributed by atoms with Crippen molar-refractivity contribution in [3.63, 3.8) is 0 Å². The Morgan fingerprint density at radius 2 is 2.29 bits per heavy atom. The van der Waals surface area contributed by atoms with Gasteiger partial charge in [0, 0.05) is 6.07 Å². The van der Waals surface area contributed by atoms with Crippen LogP contribution in [0.4, 0.5) is 0 Å². The number of carbonyl (C=O) groups excluding carboxylic acids is 1. The van der Waals surface area contributed by atoms with Crippen molar-refractivity contribution in [3.05, 3.63) is 18.0 Å². The molecule has 0 aromatic carbocycles. The maximum atomic E-state index is 11.6. The molecule has 0 aliphatic heterocycles. The summed E-state index contributed by atoms with van der Waals surface area (Å²) in [5.74, 6) is -1.51. The second-order valence-corrected chi connectivity index (χ2v) is 3.94. The highest BCUT2D eigenvalue weighted by Crippen LogP contribution is 2.08. The fourth-order valence-electron chi connectivity index (χ4n) is 1.40. The number of hydrogen-bond donors (Lipinski definition) is 2. The first-order valence-corrected chi connectivity index (χ1v) is 5.46. The van der Waals surface area contributed by atoms with Gasteiger partial charge in [-0.1, -0.05) is 25.4 Å². The normalized spacial score (nSPS) is 14.0. The molecule has 6 nitrogen and oxygen atoms in total. The van der Waals surface area contributed by atoms with Crippen molar-refractivity contribution in [1.82, 2.24) is 10.5 Å². The summed E-state index contributed by atoms with van der Waals surface area (Å²) in [5.41, 5.74) is 0.482. The Balaban J connectivity index is 2.55. The molecule has 0 saturated heterocycles. The summed E-state index contributed by atoms with van der Waals surface area (Å²) in [6.07, 6.45) is 2.07. The van der Waals surface area contributed by atoms with Crippen LogP contribution in [-0.2, 0) is 16.0 Å². The molecular formula is C11H16N2O4. The van der Waals surface area contributed by atoms with E-state index in [1.807, 2.05) is 6.92 Å². The van der Waals surface area contributed by atoms with Crippen LogP contribution in [-0.4, -0.2) is 28.2 Å². The highest BCUT2D eigenvalue weighted by molar-refractivity contribution is 5.84. The molecule has 0 radical (unpaired) electrons. The molecule has 0 aliphatic carbocycles. The molecule has 6 heteroatoms. The number of carboxylic acids is 1. The second-order valence-electron chi connectivity index (χ2n) is 3.94. The molecular weight excluding hydrogens is 224 g/mol. The zero-order chi connectivity index (χ0) is 12.8. The van der Waals surface area contributed by atoms with Gasteiger partial charge in [0.15, 0.2) is 0 Å². The minimum atomic E-state index is -1.02. The van der Waals surface area contributed by atoms with Gasteiger partial charge in [0.05, 0.1) is 12.1 Å². The fourth-order valence-corrected chi connectivity index (χ4v) is 1.40. The van der Waals surface area contributed by atoms with Crippen LogP contribution in [0.5, 0.6) is 0 Å². The Morgan fingerprint density at radius 3 is 2.76 bits per heavy atom.